The first-order chi connectivity index (χ1) is 20.4. The topological polar surface area (TPSA) is 202 Å². The molecule has 5 amide bonds. The molecular formula is C29H51N7O7S. The van der Waals surface area contributed by atoms with Crippen LogP contribution in [0.2, 0.25) is 0 Å². The lowest BCUT2D eigenvalue weighted by Gasteiger charge is -2.30. The van der Waals surface area contributed by atoms with Gasteiger partial charge in [0, 0.05) is 43.4 Å². The van der Waals surface area contributed by atoms with Crippen molar-refractivity contribution in [1.82, 2.24) is 36.7 Å². The van der Waals surface area contributed by atoms with Crippen molar-refractivity contribution < 1.29 is 34.2 Å². The van der Waals surface area contributed by atoms with E-state index in [9.17, 15) is 29.1 Å². The van der Waals surface area contributed by atoms with E-state index in [2.05, 4.69) is 31.7 Å². The fraction of sp³-hybridized carbons (Fsp3) is 0.724. The van der Waals surface area contributed by atoms with Crippen LogP contribution in [0.5, 0.6) is 0 Å². The predicted octanol–water partition coefficient (Wildman–Crippen LogP) is 1.03. The Morgan fingerprint density at radius 2 is 1.50 bits per heavy atom. The molecule has 1 heterocycles. The van der Waals surface area contributed by atoms with Crippen molar-refractivity contribution >= 4 is 41.1 Å². The van der Waals surface area contributed by atoms with Crippen molar-refractivity contribution in [2.24, 2.45) is 23.7 Å². The van der Waals surface area contributed by atoms with Gasteiger partial charge in [0.1, 0.15) is 12.1 Å². The van der Waals surface area contributed by atoms with Gasteiger partial charge < -0.3 is 31.5 Å². The van der Waals surface area contributed by atoms with Crippen LogP contribution in [0.4, 0.5) is 4.79 Å². The first-order valence-electron chi connectivity index (χ1n) is 14.9. The van der Waals surface area contributed by atoms with Gasteiger partial charge in [0.2, 0.25) is 17.7 Å². The second-order valence-electron chi connectivity index (χ2n) is 12.3. The van der Waals surface area contributed by atoms with Gasteiger partial charge in [0.15, 0.2) is 0 Å². The molecule has 15 heteroatoms. The third kappa shape index (κ3) is 14.0. The number of thiazole rings is 1. The third-order valence-electron chi connectivity index (χ3n) is 6.83. The Morgan fingerprint density at radius 3 is 2.00 bits per heavy atom. The average molecular weight is 642 g/mol. The molecule has 0 unspecified atom stereocenters. The van der Waals surface area contributed by atoms with Crippen LogP contribution in [-0.4, -0.2) is 94.8 Å². The molecular weight excluding hydrogens is 590 g/mol. The van der Waals surface area contributed by atoms with E-state index in [0.29, 0.717) is 12.8 Å². The van der Waals surface area contributed by atoms with Crippen molar-refractivity contribution in [3.05, 3.63) is 16.1 Å². The summed E-state index contributed by atoms with van der Waals surface area (Å²) in [5.41, 5.74) is 3.48. The summed E-state index contributed by atoms with van der Waals surface area (Å²) in [6, 6.07) is -2.83. The number of aliphatic hydroxyl groups is 1. The van der Waals surface area contributed by atoms with Crippen LogP contribution < -0.4 is 26.7 Å². The second kappa shape index (κ2) is 18.5. The minimum atomic E-state index is -1.36. The summed E-state index contributed by atoms with van der Waals surface area (Å²) in [7, 11) is 3.33. The maximum absolute atomic E-state index is 13.4. The molecule has 1 rings (SSSR count). The SMILES string of the molecule is Cc1csc(C[C@H](C)C(=O)N[C@@H](CNC(=O)O)C(=O)N[C@@H](CC(C)C)[C@H](O)C[C@@H](C)C(=O)N[C@H](C(=O)NN(C)C)C(C)C)n1. The van der Waals surface area contributed by atoms with Gasteiger partial charge in [0.25, 0.3) is 5.91 Å². The summed E-state index contributed by atoms with van der Waals surface area (Å²) in [4.78, 5) is 67.5. The number of hydrazine groups is 1. The van der Waals surface area contributed by atoms with E-state index < -0.39 is 59.9 Å². The molecule has 1 aromatic rings. The van der Waals surface area contributed by atoms with Gasteiger partial charge in [0.05, 0.1) is 23.7 Å². The Labute approximate surface area is 264 Å². The molecule has 7 N–H and O–H groups in total. The molecule has 0 saturated heterocycles. The Kier molecular flexibility index (Phi) is 16.3. The van der Waals surface area contributed by atoms with E-state index >= 15 is 0 Å². The number of aryl methyl sites for hydroxylation is 1. The number of nitrogens with zero attached hydrogens (tertiary/aromatic N) is 2. The Bertz CT molecular complexity index is 1110. The number of rotatable bonds is 18. The highest BCUT2D eigenvalue weighted by Crippen LogP contribution is 2.17. The number of amides is 5. The zero-order valence-corrected chi connectivity index (χ0v) is 28.1. The van der Waals surface area contributed by atoms with Gasteiger partial charge in [-0.05, 0) is 31.6 Å². The molecule has 0 saturated carbocycles. The third-order valence-corrected chi connectivity index (χ3v) is 7.82. The van der Waals surface area contributed by atoms with Crippen molar-refractivity contribution in [2.45, 2.75) is 92.0 Å². The molecule has 0 aromatic carbocycles. The van der Waals surface area contributed by atoms with E-state index in [-0.39, 0.29) is 30.7 Å². The smallest absolute Gasteiger partial charge is 0.404 e. The molecule has 0 radical (unpaired) electrons. The molecule has 0 bridgehead atoms. The Hall–Kier alpha value is -3.30. The van der Waals surface area contributed by atoms with Crippen LogP contribution >= 0.6 is 11.3 Å². The van der Waals surface area contributed by atoms with Crippen molar-refractivity contribution in [1.29, 1.82) is 0 Å². The minimum absolute atomic E-state index is 0.0156. The van der Waals surface area contributed by atoms with Crippen LogP contribution in [0.3, 0.4) is 0 Å². The summed E-state index contributed by atoms with van der Waals surface area (Å²) < 4.78 is 0. The largest absolute Gasteiger partial charge is 0.465 e. The molecule has 0 fully saturated rings. The normalized spacial score (nSPS) is 15.6. The maximum atomic E-state index is 13.4. The molecule has 1 aromatic heterocycles. The summed E-state index contributed by atoms with van der Waals surface area (Å²) in [5, 5.41) is 34.7. The van der Waals surface area contributed by atoms with E-state index in [1.807, 2.05) is 40.0 Å². The highest BCUT2D eigenvalue weighted by atomic mass is 32.1. The first kappa shape index (κ1) is 38.7. The molecule has 250 valence electrons. The number of carboxylic acid groups (broad SMARTS) is 1. The molecule has 14 nitrogen and oxygen atoms in total. The number of aromatic nitrogens is 1. The lowest BCUT2D eigenvalue weighted by atomic mass is 9.91. The number of hydrogen-bond donors (Lipinski definition) is 7. The predicted molar refractivity (Wildman–Crippen MR) is 167 cm³/mol. The van der Waals surface area contributed by atoms with Crippen molar-refractivity contribution in [3.63, 3.8) is 0 Å². The summed E-state index contributed by atoms with van der Waals surface area (Å²) in [6.07, 6.45) is -1.81. The number of hydrogen-bond acceptors (Lipinski definition) is 9. The van der Waals surface area contributed by atoms with E-state index in [1.54, 1.807) is 27.9 Å². The average Bonchev–Trinajstić information content (AvgIpc) is 3.31. The van der Waals surface area contributed by atoms with Gasteiger partial charge in [-0.1, -0.05) is 41.5 Å². The van der Waals surface area contributed by atoms with Gasteiger partial charge in [-0.15, -0.1) is 11.3 Å². The fourth-order valence-corrected chi connectivity index (χ4v) is 5.32. The lowest BCUT2D eigenvalue weighted by molar-refractivity contribution is -0.134. The second-order valence-corrected chi connectivity index (χ2v) is 13.2. The number of carbonyl (C=O) groups excluding carboxylic acids is 4. The Balaban J connectivity index is 2.98. The molecule has 6 atom stereocenters. The van der Waals surface area contributed by atoms with Crippen molar-refractivity contribution in [3.8, 4) is 0 Å². The minimum Gasteiger partial charge on any atom is -0.465 e. The van der Waals surface area contributed by atoms with E-state index in [4.69, 9.17) is 5.11 Å². The van der Waals surface area contributed by atoms with Crippen LogP contribution in [-0.2, 0) is 25.6 Å². The van der Waals surface area contributed by atoms with Gasteiger partial charge in [-0.25, -0.2) is 14.8 Å². The molecule has 44 heavy (non-hydrogen) atoms. The van der Waals surface area contributed by atoms with Gasteiger partial charge in [-0.3, -0.25) is 24.6 Å². The lowest BCUT2D eigenvalue weighted by Crippen LogP contribution is -2.57. The highest BCUT2D eigenvalue weighted by Gasteiger charge is 2.32. The van der Waals surface area contributed by atoms with Crippen LogP contribution in [0.1, 0.15) is 65.1 Å². The molecule has 0 aliphatic heterocycles. The van der Waals surface area contributed by atoms with Crippen LogP contribution in [0.25, 0.3) is 0 Å². The summed E-state index contributed by atoms with van der Waals surface area (Å²) in [6.45, 7) is 12.2. The maximum Gasteiger partial charge on any atom is 0.404 e. The van der Waals surface area contributed by atoms with Gasteiger partial charge in [-0.2, -0.15) is 0 Å². The van der Waals surface area contributed by atoms with Crippen LogP contribution in [0.15, 0.2) is 5.38 Å². The molecule has 0 spiro atoms. The zero-order chi connectivity index (χ0) is 33.7. The van der Waals surface area contributed by atoms with Crippen LogP contribution in [0, 0.1) is 30.6 Å². The summed E-state index contributed by atoms with van der Waals surface area (Å²) in [5.74, 6) is -3.30. The molecule has 0 aliphatic carbocycles. The number of nitrogens with one attached hydrogen (secondary N) is 5. The van der Waals surface area contributed by atoms with E-state index in [1.165, 1.54) is 16.3 Å². The number of aliphatic hydroxyl groups excluding tert-OH is 1. The van der Waals surface area contributed by atoms with E-state index in [0.717, 1.165) is 10.7 Å². The fourth-order valence-electron chi connectivity index (χ4n) is 4.42. The first-order valence-corrected chi connectivity index (χ1v) is 15.7. The van der Waals surface area contributed by atoms with Crippen molar-refractivity contribution in [2.75, 3.05) is 20.6 Å². The highest BCUT2D eigenvalue weighted by molar-refractivity contribution is 7.09. The zero-order valence-electron chi connectivity index (χ0n) is 27.3. The Morgan fingerprint density at radius 1 is 0.886 bits per heavy atom. The quantitative estimate of drug-likeness (QED) is 0.114. The number of carbonyl (C=O) groups is 5. The van der Waals surface area contributed by atoms with Gasteiger partial charge >= 0.3 is 6.09 Å². The molecule has 0 aliphatic rings. The summed E-state index contributed by atoms with van der Waals surface area (Å²) >= 11 is 1.43. The monoisotopic (exact) mass is 641 g/mol. The standard InChI is InChI=1S/C29H51N7O7S/c1-15(2)10-20(22(37)11-17(5)26(39)34-24(16(3)4)28(41)35-36(8)9)32-27(40)21(13-30-29(42)43)33-25(38)18(6)12-23-31-19(7)14-44-23/h14-18,20-22,24,30,37H,10-13H2,1-9H3,(H,32,40)(H,33,38)(H,34,39)(H,35,41)(H,42,43)/t17-,18+,20+,21+,22-,24+/m1/s1.